The van der Waals surface area contributed by atoms with Crippen molar-refractivity contribution in [1.82, 2.24) is 4.31 Å². The minimum Gasteiger partial charge on any atom is -0.495 e. The second-order valence-corrected chi connectivity index (χ2v) is 8.96. The average molecular weight is 470 g/mol. The molecular weight excluding hydrogens is 450 g/mol. The van der Waals surface area contributed by atoms with Crippen molar-refractivity contribution in [2.24, 2.45) is 0 Å². The molecule has 0 aliphatic rings. The van der Waals surface area contributed by atoms with Crippen LogP contribution in [0.2, 0.25) is 0 Å². The Hall–Kier alpha value is -2.43. The number of anilines is 2. The van der Waals surface area contributed by atoms with Crippen LogP contribution in [0.1, 0.15) is 17.3 Å². The predicted molar refractivity (Wildman–Crippen MR) is 110 cm³/mol. The maximum Gasteiger partial charge on any atom is 0.255 e. The first-order valence-corrected chi connectivity index (χ1v) is 10.3. The highest BCUT2D eigenvalue weighted by Gasteiger charge is 2.22. The van der Waals surface area contributed by atoms with Crippen LogP contribution in [-0.4, -0.2) is 45.7 Å². The zero-order valence-corrected chi connectivity index (χ0v) is 18.1. The molecule has 2 rings (SSSR count). The molecule has 150 valence electrons. The van der Waals surface area contributed by atoms with E-state index in [9.17, 15) is 18.0 Å². The highest BCUT2D eigenvalue weighted by atomic mass is 79.9. The van der Waals surface area contributed by atoms with Crippen molar-refractivity contribution in [2.45, 2.75) is 11.8 Å². The van der Waals surface area contributed by atoms with E-state index in [-0.39, 0.29) is 16.4 Å². The maximum absolute atomic E-state index is 12.7. The third-order valence-electron chi connectivity index (χ3n) is 3.72. The first kappa shape index (κ1) is 21.9. The van der Waals surface area contributed by atoms with Crippen LogP contribution < -0.4 is 15.4 Å². The first-order valence-electron chi connectivity index (χ1n) is 8.05. The zero-order chi connectivity index (χ0) is 21.1. The van der Waals surface area contributed by atoms with E-state index in [1.165, 1.54) is 46.3 Å². The topological polar surface area (TPSA) is 105 Å². The summed E-state index contributed by atoms with van der Waals surface area (Å²) in [7, 11) is 0.533. The van der Waals surface area contributed by atoms with Gasteiger partial charge in [-0.25, -0.2) is 12.7 Å². The smallest absolute Gasteiger partial charge is 0.255 e. The minimum absolute atomic E-state index is 0.0240. The molecule has 0 unspecified atom stereocenters. The molecule has 0 bridgehead atoms. The number of rotatable bonds is 6. The van der Waals surface area contributed by atoms with E-state index in [0.717, 1.165) is 4.31 Å². The number of amides is 2. The molecule has 2 aromatic rings. The van der Waals surface area contributed by atoms with Crippen molar-refractivity contribution >= 4 is 49.1 Å². The van der Waals surface area contributed by atoms with E-state index < -0.39 is 15.9 Å². The second kappa shape index (κ2) is 8.72. The highest BCUT2D eigenvalue weighted by molar-refractivity contribution is 9.10. The molecule has 0 aliphatic heterocycles. The number of sulfonamides is 1. The number of hydrogen-bond acceptors (Lipinski definition) is 5. The molecule has 2 aromatic carbocycles. The summed E-state index contributed by atoms with van der Waals surface area (Å²) >= 11 is 3.21. The van der Waals surface area contributed by atoms with Gasteiger partial charge in [0.25, 0.3) is 5.91 Å². The molecule has 0 saturated heterocycles. The van der Waals surface area contributed by atoms with Crippen LogP contribution in [0.4, 0.5) is 11.4 Å². The highest BCUT2D eigenvalue weighted by Crippen LogP contribution is 2.29. The normalized spacial score (nSPS) is 11.2. The van der Waals surface area contributed by atoms with Gasteiger partial charge in [-0.05, 0) is 52.3 Å². The summed E-state index contributed by atoms with van der Waals surface area (Å²) in [5, 5.41) is 5.30. The number of halogens is 1. The molecule has 0 saturated carbocycles. The van der Waals surface area contributed by atoms with Gasteiger partial charge in [0, 0.05) is 36.7 Å². The van der Waals surface area contributed by atoms with E-state index in [0.29, 0.717) is 21.6 Å². The molecule has 0 aliphatic carbocycles. The fourth-order valence-electron chi connectivity index (χ4n) is 2.32. The summed E-state index contributed by atoms with van der Waals surface area (Å²) < 4.78 is 31.5. The van der Waals surface area contributed by atoms with E-state index in [4.69, 9.17) is 4.74 Å². The number of carbonyl (C=O) groups excluding carboxylic acids is 2. The van der Waals surface area contributed by atoms with Crippen LogP contribution in [0, 0.1) is 0 Å². The molecule has 8 nitrogen and oxygen atoms in total. The van der Waals surface area contributed by atoms with Crippen LogP contribution in [-0.2, 0) is 14.8 Å². The van der Waals surface area contributed by atoms with Gasteiger partial charge < -0.3 is 15.4 Å². The quantitative estimate of drug-likeness (QED) is 0.676. The largest absolute Gasteiger partial charge is 0.495 e. The van der Waals surface area contributed by atoms with Gasteiger partial charge in [-0.2, -0.15) is 0 Å². The van der Waals surface area contributed by atoms with Crippen molar-refractivity contribution in [2.75, 3.05) is 31.8 Å². The van der Waals surface area contributed by atoms with Crippen LogP contribution in [0.5, 0.6) is 5.75 Å². The monoisotopic (exact) mass is 469 g/mol. The number of benzene rings is 2. The van der Waals surface area contributed by atoms with Crippen molar-refractivity contribution in [3.63, 3.8) is 0 Å². The maximum atomic E-state index is 12.7. The van der Waals surface area contributed by atoms with Gasteiger partial charge in [-0.3, -0.25) is 9.59 Å². The Morgan fingerprint density at radius 1 is 1.07 bits per heavy atom. The molecule has 0 heterocycles. The number of nitrogens with one attached hydrogen (secondary N) is 2. The van der Waals surface area contributed by atoms with Crippen molar-refractivity contribution in [3.05, 3.63) is 46.4 Å². The zero-order valence-electron chi connectivity index (χ0n) is 15.7. The molecule has 0 aromatic heterocycles. The molecule has 0 spiro atoms. The van der Waals surface area contributed by atoms with Gasteiger partial charge in [-0.1, -0.05) is 0 Å². The summed E-state index contributed by atoms with van der Waals surface area (Å²) in [5.41, 5.74) is 0.963. The second-order valence-electron chi connectivity index (χ2n) is 5.98. The standard InChI is InChI=1S/C18H20BrN3O5S/c1-11(23)20-13-6-8-16(27-4)15(10-13)21-18(24)12-5-7-14(19)17(9-12)28(25,26)22(2)3/h5-10H,1-4H3,(H,20,23)(H,21,24). The van der Waals surface area contributed by atoms with Gasteiger partial charge in [-0.15, -0.1) is 0 Å². The fraction of sp³-hybridized carbons (Fsp3) is 0.222. The summed E-state index contributed by atoms with van der Waals surface area (Å²) in [5.74, 6) is -0.393. The third kappa shape index (κ3) is 4.89. The summed E-state index contributed by atoms with van der Waals surface area (Å²) in [6.45, 7) is 1.37. The van der Waals surface area contributed by atoms with Crippen LogP contribution in [0.15, 0.2) is 45.8 Å². The molecule has 0 atom stereocenters. The Balaban J connectivity index is 2.39. The lowest BCUT2D eigenvalue weighted by Crippen LogP contribution is -2.23. The number of carbonyl (C=O) groups is 2. The van der Waals surface area contributed by atoms with Crippen LogP contribution in [0.3, 0.4) is 0 Å². The van der Waals surface area contributed by atoms with Crippen molar-refractivity contribution in [1.29, 1.82) is 0 Å². The van der Waals surface area contributed by atoms with E-state index >= 15 is 0 Å². The van der Waals surface area contributed by atoms with Crippen molar-refractivity contribution < 1.29 is 22.7 Å². The Bertz CT molecular complexity index is 1020. The Kier molecular flexibility index (Phi) is 6.81. The molecule has 0 fully saturated rings. The van der Waals surface area contributed by atoms with E-state index in [1.54, 1.807) is 18.2 Å². The van der Waals surface area contributed by atoms with E-state index in [1.807, 2.05) is 0 Å². The number of nitrogens with zero attached hydrogens (tertiary/aromatic N) is 1. The number of hydrogen-bond donors (Lipinski definition) is 2. The van der Waals surface area contributed by atoms with Crippen molar-refractivity contribution in [3.8, 4) is 5.75 Å². The first-order chi connectivity index (χ1) is 13.1. The van der Waals surface area contributed by atoms with E-state index in [2.05, 4.69) is 26.6 Å². The molecule has 0 radical (unpaired) electrons. The number of methoxy groups -OCH3 is 1. The molecule has 2 amide bonds. The molecular formula is C18H20BrN3O5S. The molecule has 10 heteroatoms. The van der Waals surface area contributed by atoms with Crippen LogP contribution in [0.25, 0.3) is 0 Å². The molecule has 2 N–H and O–H groups in total. The Labute approximate surface area is 172 Å². The summed E-state index contributed by atoms with van der Waals surface area (Å²) in [6.07, 6.45) is 0. The minimum atomic E-state index is -3.74. The lowest BCUT2D eigenvalue weighted by molar-refractivity contribution is -0.114. The average Bonchev–Trinajstić information content (AvgIpc) is 2.61. The fourth-order valence-corrected chi connectivity index (χ4v) is 4.16. The van der Waals surface area contributed by atoms with Gasteiger partial charge in [0.15, 0.2) is 0 Å². The van der Waals surface area contributed by atoms with Gasteiger partial charge >= 0.3 is 0 Å². The Morgan fingerprint density at radius 3 is 2.32 bits per heavy atom. The SMILES string of the molecule is COc1ccc(NC(C)=O)cc1NC(=O)c1ccc(Br)c(S(=O)(=O)N(C)C)c1. The predicted octanol–water partition coefficient (Wildman–Crippen LogP) is 2.92. The summed E-state index contributed by atoms with van der Waals surface area (Å²) in [4.78, 5) is 23.9. The number of ether oxygens (including phenoxy) is 1. The third-order valence-corrected chi connectivity index (χ3v) is 6.53. The lowest BCUT2D eigenvalue weighted by Gasteiger charge is -2.15. The lowest BCUT2D eigenvalue weighted by atomic mass is 10.2. The van der Waals surface area contributed by atoms with Crippen LogP contribution >= 0.6 is 15.9 Å². The van der Waals surface area contributed by atoms with Gasteiger partial charge in [0.2, 0.25) is 15.9 Å². The summed E-state index contributed by atoms with van der Waals surface area (Å²) in [6, 6.07) is 9.07. The Morgan fingerprint density at radius 2 is 1.75 bits per heavy atom. The van der Waals surface area contributed by atoms with Gasteiger partial charge in [0.1, 0.15) is 5.75 Å². The van der Waals surface area contributed by atoms with Gasteiger partial charge in [0.05, 0.1) is 17.7 Å². The molecule has 28 heavy (non-hydrogen) atoms.